The maximum atomic E-state index is 14.2. The molecule has 0 spiro atoms. The van der Waals surface area contributed by atoms with E-state index in [9.17, 15) is 17.6 Å². The van der Waals surface area contributed by atoms with Crippen LogP contribution in [0.5, 0.6) is 0 Å². The molecule has 0 N–H and O–H groups in total. The van der Waals surface area contributed by atoms with E-state index in [-0.39, 0.29) is 11.4 Å². The van der Waals surface area contributed by atoms with Crippen molar-refractivity contribution < 1.29 is 17.6 Å². The molecule has 0 heterocycles. The van der Waals surface area contributed by atoms with Crippen LogP contribution in [0, 0.1) is 23.3 Å². The molecule has 0 aliphatic carbocycles. The molecule has 0 saturated heterocycles. The summed E-state index contributed by atoms with van der Waals surface area (Å²) in [5.74, 6) is -3.15. The quantitative estimate of drug-likeness (QED) is 0.196. The van der Waals surface area contributed by atoms with Gasteiger partial charge in [0.25, 0.3) is 0 Å². The Morgan fingerprint density at radius 1 is 0.455 bits per heavy atom. The highest BCUT2D eigenvalue weighted by atomic mass is 19.1. The van der Waals surface area contributed by atoms with Crippen molar-refractivity contribution in [3.8, 4) is 0 Å². The number of anilines is 3. The van der Waals surface area contributed by atoms with Gasteiger partial charge in [0.05, 0.1) is 17.1 Å². The maximum Gasteiger partial charge on any atom is 0.128 e. The van der Waals surface area contributed by atoms with Crippen molar-refractivity contribution in [1.82, 2.24) is 0 Å². The zero-order valence-electron chi connectivity index (χ0n) is 17.1. The van der Waals surface area contributed by atoms with Crippen molar-refractivity contribution in [2.45, 2.75) is 0 Å². The van der Waals surface area contributed by atoms with Gasteiger partial charge < -0.3 is 4.90 Å². The van der Waals surface area contributed by atoms with Gasteiger partial charge in [-0.15, -0.1) is 0 Å². The van der Waals surface area contributed by atoms with E-state index in [1.165, 1.54) is 4.90 Å². The summed E-state index contributed by atoms with van der Waals surface area (Å²) in [7, 11) is 0. The normalized spacial score (nSPS) is 11.6. The molecule has 6 aromatic carbocycles. The Hall–Kier alpha value is -4.12. The zero-order chi connectivity index (χ0) is 22.7. The number of halogens is 4. The Morgan fingerprint density at radius 2 is 0.909 bits per heavy atom. The van der Waals surface area contributed by atoms with E-state index in [1.807, 2.05) is 48.5 Å². The van der Waals surface area contributed by atoms with Crippen LogP contribution in [0.25, 0.3) is 32.3 Å². The molecule has 6 rings (SSSR count). The Labute approximate surface area is 186 Å². The first kappa shape index (κ1) is 19.6. The number of hydrogen-bond donors (Lipinski definition) is 0. The maximum absolute atomic E-state index is 14.2. The Morgan fingerprint density at radius 3 is 1.45 bits per heavy atom. The standard InChI is InChI=1S/C28H15F4N/c29-19-10-20(30)13-23(12-19)33(24-14-21(31)11-22(32)15-24)26-9-7-18-5-4-16-2-1-3-17-6-8-25(26)28(18)27(16)17/h1-15H. The third-order valence-electron chi connectivity index (χ3n) is 5.96. The highest BCUT2D eigenvalue weighted by molar-refractivity contribution is 6.25. The molecule has 0 radical (unpaired) electrons. The molecule has 0 atom stereocenters. The van der Waals surface area contributed by atoms with Crippen LogP contribution in [-0.2, 0) is 0 Å². The van der Waals surface area contributed by atoms with Crippen molar-refractivity contribution >= 4 is 49.4 Å². The van der Waals surface area contributed by atoms with Crippen LogP contribution in [0.4, 0.5) is 34.6 Å². The van der Waals surface area contributed by atoms with E-state index in [2.05, 4.69) is 0 Å². The summed E-state index contributed by atoms with van der Waals surface area (Å²) in [6.07, 6.45) is 0. The molecule has 0 bridgehead atoms. The van der Waals surface area contributed by atoms with E-state index in [1.54, 1.807) is 6.07 Å². The molecule has 0 aromatic heterocycles. The van der Waals surface area contributed by atoms with Crippen LogP contribution in [0.2, 0.25) is 0 Å². The molecule has 160 valence electrons. The van der Waals surface area contributed by atoms with E-state index in [0.29, 0.717) is 5.69 Å². The van der Waals surface area contributed by atoms with Gasteiger partial charge in [0.1, 0.15) is 23.3 Å². The van der Waals surface area contributed by atoms with Gasteiger partial charge in [-0.05, 0) is 57.3 Å². The summed E-state index contributed by atoms with van der Waals surface area (Å²) in [6.45, 7) is 0. The smallest absolute Gasteiger partial charge is 0.128 e. The van der Waals surface area contributed by atoms with Crippen molar-refractivity contribution in [2.24, 2.45) is 0 Å². The van der Waals surface area contributed by atoms with Crippen LogP contribution in [0.15, 0.2) is 91.0 Å². The number of nitrogens with zero attached hydrogens (tertiary/aromatic N) is 1. The largest absolute Gasteiger partial charge is 0.309 e. The fourth-order valence-corrected chi connectivity index (χ4v) is 4.68. The topological polar surface area (TPSA) is 3.24 Å². The Bertz CT molecular complexity index is 1570. The molecule has 6 aromatic rings. The summed E-state index contributed by atoms with van der Waals surface area (Å²) >= 11 is 0. The number of hydrogen-bond acceptors (Lipinski definition) is 1. The van der Waals surface area contributed by atoms with Crippen LogP contribution >= 0.6 is 0 Å². The molecule has 0 unspecified atom stereocenters. The molecule has 0 aliphatic heterocycles. The highest BCUT2D eigenvalue weighted by Gasteiger charge is 2.20. The zero-order valence-corrected chi connectivity index (χ0v) is 17.1. The van der Waals surface area contributed by atoms with Gasteiger partial charge in [-0.3, -0.25) is 0 Å². The van der Waals surface area contributed by atoms with E-state index in [0.717, 1.165) is 68.7 Å². The van der Waals surface area contributed by atoms with E-state index < -0.39 is 23.3 Å². The van der Waals surface area contributed by atoms with Gasteiger partial charge in [0.2, 0.25) is 0 Å². The van der Waals surface area contributed by atoms with Gasteiger partial charge in [0, 0.05) is 17.5 Å². The second-order valence-corrected chi connectivity index (χ2v) is 8.03. The first-order chi connectivity index (χ1) is 16.0. The molecule has 5 heteroatoms. The third kappa shape index (κ3) is 3.16. The van der Waals surface area contributed by atoms with Crippen LogP contribution in [0.3, 0.4) is 0 Å². The minimum absolute atomic E-state index is 0.118. The average Bonchev–Trinajstić information content (AvgIpc) is 2.77. The number of benzene rings is 6. The molecule has 0 amide bonds. The predicted molar refractivity (Wildman–Crippen MR) is 125 cm³/mol. The molecule has 0 fully saturated rings. The van der Waals surface area contributed by atoms with Crippen molar-refractivity contribution in [2.75, 3.05) is 4.90 Å². The monoisotopic (exact) mass is 441 g/mol. The fourth-order valence-electron chi connectivity index (χ4n) is 4.68. The summed E-state index contributed by atoms with van der Waals surface area (Å²) in [6, 6.07) is 23.8. The van der Waals surface area contributed by atoms with Crippen molar-refractivity contribution in [1.29, 1.82) is 0 Å². The Balaban J connectivity index is 1.73. The summed E-state index contributed by atoms with van der Waals surface area (Å²) < 4.78 is 56.8. The molecule has 0 aliphatic rings. The second-order valence-electron chi connectivity index (χ2n) is 8.03. The predicted octanol–water partition coefficient (Wildman–Crippen LogP) is 8.61. The molecular formula is C28H15F4N. The Kier molecular flexibility index (Phi) is 4.27. The fraction of sp³-hybridized carbons (Fsp3) is 0. The lowest BCUT2D eigenvalue weighted by Crippen LogP contribution is -2.12. The van der Waals surface area contributed by atoms with Gasteiger partial charge >= 0.3 is 0 Å². The minimum Gasteiger partial charge on any atom is -0.309 e. The number of rotatable bonds is 3. The first-order valence-corrected chi connectivity index (χ1v) is 10.4. The van der Waals surface area contributed by atoms with Gasteiger partial charge in [-0.25, -0.2) is 17.6 Å². The van der Waals surface area contributed by atoms with Gasteiger partial charge in [-0.2, -0.15) is 0 Å². The molecule has 1 nitrogen and oxygen atoms in total. The lowest BCUT2D eigenvalue weighted by Gasteiger charge is -2.28. The van der Waals surface area contributed by atoms with Crippen molar-refractivity contribution in [3.05, 3.63) is 114 Å². The van der Waals surface area contributed by atoms with Gasteiger partial charge in [-0.1, -0.05) is 48.5 Å². The van der Waals surface area contributed by atoms with Crippen LogP contribution in [-0.4, -0.2) is 0 Å². The lowest BCUT2D eigenvalue weighted by atomic mass is 9.93. The highest BCUT2D eigenvalue weighted by Crippen LogP contribution is 2.44. The summed E-state index contributed by atoms with van der Waals surface area (Å²) in [5.41, 5.74) is 0.788. The minimum atomic E-state index is -0.787. The first-order valence-electron chi connectivity index (χ1n) is 10.4. The van der Waals surface area contributed by atoms with Gasteiger partial charge in [0.15, 0.2) is 0 Å². The van der Waals surface area contributed by atoms with Crippen LogP contribution in [0.1, 0.15) is 0 Å². The molecule has 33 heavy (non-hydrogen) atoms. The van der Waals surface area contributed by atoms with Crippen molar-refractivity contribution in [3.63, 3.8) is 0 Å². The van der Waals surface area contributed by atoms with E-state index >= 15 is 0 Å². The van der Waals surface area contributed by atoms with Crippen LogP contribution < -0.4 is 4.90 Å². The lowest BCUT2D eigenvalue weighted by molar-refractivity contribution is 0.582. The summed E-state index contributed by atoms with van der Waals surface area (Å²) in [4.78, 5) is 1.48. The summed E-state index contributed by atoms with van der Waals surface area (Å²) in [5, 5.41) is 5.94. The average molecular weight is 441 g/mol. The third-order valence-corrected chi connectivity index (χ3v) is 5.96. The second kappa shape index (κ2) is 7.20. The molecular weight excluding hydrogens is 426 g/mol. The SMILES string of the molecule is Fc1cc(F)cc(N(c2cc(F)cc(F)c2)c2ccc3ccc4cccc5ccc2c3c45)c1. The molecule has 0 saturated carbocycles. The van der Waals surface area contributed by atoms with E-state index in [4.69, 9.17) is 0 Å².